The molecule has 0 saturated heterocycles. The van der Waals surface area contributed by atoms with E-state index in [1.54, 1.807) is 7.11 Å². The number of nitrogens with one attached hydrogen (secondary N) is 2. The summed E-state index contributed by atoms with van der Waals surface area (Å²) in [4.78, 5) is 24.0. The molecule has 2 N–H and O–H groups in total. The molecule has 7 heteroatoms. The van der Waals surface area contributed by atoms with Gasteiger partial charge in [-0.05, 0) is 44.0 Å². The molecule has 0 amide bonds. The molecule has 0 radical (unpaired) electrons. The highest BCUT2D eigenvalue weighted by Crippen LogP contribution is 2.27. The van der Waals surface area contributed by atoms with Crippen molar-refractivity contribution in [3.8, 4) is 0 Å². The Morgan fingerprint density at radius 2 is 1.61 bits per heavy atom. The highest BCUT2D eigenvalue weighted by Gasteiger charge is 2.21. The van der Waals surface area contributed by atoms with Gasteiger partial charge in [-0.1, -0.05) is 77.6 Å². The zero-order valence-electron chi connectivity index (χ0n) is 23.7. The highest BCUT2D eigenvalue weighted by atomic mass is 35.5. The van der Waals surface area contributed by atoms with Gasteiger partial charge in [-0.3, -0.25) is 0 Å². The maximum atomic E-state index is 12.8. The molecule has 2 aromatic rings. The number of unbranched alkanes of at least 4 members (excludes halogenated alkanes) is 11. The van der Waals surface area contributed by atoms with Crippen molar-refractivity contribution in [2.24, 2.45) is 4.99 Å². The Balaban J connectivity index is 0.00000507. The van der Waals surface area contributed by atoms with Crippen molar-refractivity contribution < 1.29 is 14.3 Å². The van der Waals surface area contributed by atoms with E-state index in [0.29, 0.717) is 23.6 Å². The summed E-state index contributed by atoms with van der Waals surface area (Å²) in [6.45, 7) is 6.58. The fourth-order valence-electron chi connectivity index (χ4n) is 4.85. The zero-order valence-corrected chi connectivity index (χ0v) is 24.5. The molecule has 0 aliphatic carbocycles. The first kappa shape index (κ1) is 31.5. The predicted octanol–water partition coefficient (Wildman–Crippen LogP) is 8.61. The number of aryl methyl sites for hydroxylation is 1. The largest absolute Gasteiger partial charge is 0.494 e. The van der Waals surface area contributed by atoms with Gasteiger partial charge in [-0.15, -0.1) is 12.4 Å². The Morgan fingerprint density at radius 3 is 2.18 bits per heavy atom. The molecule has 0 saturated carbocycles. The Labute approximate surface area is 234 Å². The number of rotatable bonds is 17. The Kier molecular flexibility index (Phi) is 14.1. The van der Waals surface area contributed by atoms with E-state index >= 15 is 0 Å². The summed E-state index contributed by atoms with van der Waals surface area (Å²) in [5.41, 5.74) is 5.58. The number of carbonyl (C=O) groups is 1. The number of esters is 1. The SMILES string of the molecule is CCCCCCCCCCCCCCOC(=O)c1c(C)[nH]c(/C=C2\N=C(c3ccc[nH]3)C=C2OC)c1C.Cl. The van der Waals surface area contributed by atoms with Crippen LogP contribution < -0.4 is 0 Å². The topological polar surface area (TPSA) is 79.5 Å². The van der Waals surface area contributed by atoms with Crippen LogP contribution in [0.25, 0.3) is 6.08 Å². The number of ether oxygens (including phenoxy) is 2. The van der Waals surface area contributed by atoms with E-state index in [0.717, 1.165) is 41.2 Å². The lowest BCUT2D eigenvalue weighted by molar-refractivity contribution is 0.0496. The molecule has 0 aromatic carbocycles. The standard InChI is InChI=1S/C31H45N3O3.ClH/c1-5-6-7-8-9-10-11-12-13-14-15-16-20-37-31(35)30-23(2)26(33-24(30)3)21-28-29(36-4)22-27(34-28)25-18-17-19-32-25;/h17-19,21-22,32-33H,5-16,20H2,1-4H3;1H/b28-21-;. The van der Waals surface area contributed by atoms with E-state index in [2.05, 4.69) is 16.9 Å². The van der Waals surface area contributed by atoms with Crippen molar-refractivity contribution in [2.75, 3.05) is 13.7 Å². The summed E-state index contributed by atoms with van der Waals surface area (Å²) in [7, 11) is 1.64. The first-order valence-electron chi connectivity index (χ1n) is 14.1. The van der Waals surface area contributed by atoms with Crippen molar-refractivity contribution >= 4 is 30.2 Å². The van der Waals surface area contributed by atoms with Crippen molar-refractivity contribution in [3.05, 3.63) is 64.1 Å². The minimum atomic E-state index is -0.261. The van der Waals surface area contributed by atoms with E-state index in [1.165, 1.54) is 64.2 Å². The van der Waals surface area contributed by atoms with Gasteiger partial charge in [0.2, 0.25) is 0 Å². The molecule has 0 bridgehead atoms. The van der Waals surface area contributed by atoms with Gasteiger partial charge in [-0.2, -0.15) is 0 Å². The molecule has 2 aromatic heterocycles. The number of aromatic amines is 2. The number of carbonyl (C=O) groups excluding carboxylic acids is 1. The maximum Gasteiger partial charge on any atom is 0.340 e. The van der Waals surface area contributed by atoms with E-state index in [9.17, 15) is 4.79 Å². The van der Waals surface area contributed by atoms with E-state index in [1.807, 2.05) is 44.3 Å². The van der Waals surface area contributed by atoms with Crippen LogP contribution in [0.1, 0.15) is 117 Å². The third-order valence-electron chi connectivity index (χ3n) is 7.05. The average molecular weight is 544 g/mol. The second-order valence-electron chi connectivity index (χ2n) is 10.0. The minimum Gasteiger partial charge on any atom is -0.494 e. The lowest BCUT2D eigenvalue weighted by Crippen LogP contribution is -2.08. The molecule has 1 aliphatic rings. The van der Waals surface area contributed by atoms with Gasteiger partial charge in [0.15, 0.2) is 0 Å². The van der Waals surface area contributed by atoms with Gasteiger partial charge >= 0.3 is 5.97 Å². The zero-order chi connectivity index (χ0) is 26.5. The third-order valence-corrected chi connectivity index (χ3v) is 7.05. The summed E-state index contributed by atoms with van der Waals surface area (Å²) in [5.74, 6) is 0.427. The number of allylic oxidation sites excluding steroid dienone is 1. The van der Waals surface area contributed by atoms with Crippen LogP contribution in [0.5, 0.6) is 0 Å². The predicted molar refractivity (Wildman–Crippen MR) is 159 cm³/mol. The lowest BCUT2D eigenvalue weighted by atomic mass is 10.1. The van der Waals surface area contributed by atoms with Crippen LogP contribution in [0.2, 0.25) is 0 Å². The summed E-state index contributed by atoms with van der Waals surface area (Å²) >= 11 is 0. The van der Waals surface area contributed by atoms with Gasteiger partial charge in [0, 0.05) is 23.7 Å². The monoisotopic (exact) mass is 543 g/mol. The number of methoxy groups -OCH3 is 1. The number of aromatic nitrogens is 2. The fourth-order valence-corrected chi connectivity index (χ4v) is 4.85. The number of aliphatic imine (C=N–C) groups is 1. The second kappa shape index (κ2) is 17.0. The Morgan fingerprint density at radius 1 is 0.974 bits per heavy atom. The molecule has 0 spiro atoms. The molecule has 210 valence electrons. The minimum absolute atomic E-state index is 0. The molecular formula is C31H46ClN3O3. The van der Waals surface area contributed by atoms with Crippen LogP contribution in [0, 0.1) is 13.8 Å². The molecular weight excluding hydrogens is 498 g/mol. The molecule has 6 nitrogen and oxygen atoms in total. The number of halogens is 1. The maximum absolute atomic E-state index is 12.8. The van der Waals surface area contributed by atoms with Crippen molar-refractivity contribution in [3.63, 3.8) is 0 Å². The van der Waals surface area contributed by atoms with E-state index in [4.69, 9.17) is 14.5 Å². The van der Waals surface area contributed by atoms with Crippen LogP contribution >= 0.6 is 12.4 Å². The fraction of sp³-hybridized carbons (Fsp3) is 0.548. The Hall–Kier alpha value is -2.73. The first-order valence-corrected chi connectivity index (χ1v) is 14.1. The van der Waals surface area contributed by atoms with Crippen molar-refractivity contribution in [2.45, 2.75) is 97.8 Å². The summed E-state index contributed by atoms with van der Waals surface area (Å²) < 4.78 is 11.2. The number of nitrogens with zero attached hydrogens (tertiary/aromatic N) is 1. The third kappa shape index (κ3) is 9.23. The van der Waals surface area contributed by atoms with E-state index < -0.39 is 0 Å². The van der Waals surface area contributed by atoms with Crippen LogP contribution in [-0.4, -0.2) is 35.4 Å². The van der Waals surface area contributed by atoms with Gasteiger partial charge in [-0.25, -0.2) is 9.79 Å². The number of H-pyrrole nitrogens is 2. The smallest absolute Gasteiger partial charge is 0.340 e. The van der Waals surface area contributed by atoms with Gasteiger partial charge in [0.1, 0.15) is 11.5 Å². The highest BCUT2D eigenvalue weighted by molar-refractivity contribution is 6.11. The second-order valence-corrected chi connectivity index (χ2v) is 10.0. The van der Waals surface area contributed by atoms with Gasteiger partial charge in [0.05, 0.1) is 30.7 Å². The van der Waals surface area contributed by atoms with Crippen LogP contribution in [-0.2, 0) is 9.47 Å². The molecule has 0 unspecified atom stereocenters. The van der Waals surface area contributed by atoms with Crippen molar-refractivity contribution in [1.82, 2.24) is 9.97 Å². The van der Waals surface area contributed by atoms with Crippen molar-refractivity contribution in [1.29, 1.82) is 0 Å². The van der Waals surface area contributed by atoms with Gasteiger partial charge in [0.25, 0.3) is 0 Å². The van der Waals surface area contributed by atoms with E-state index in [-0.39, 0.29) is 18.4 Å². The summed E-state index contributed by atoms with van der Waals surface area (Å²) in [6.07, 6.45) is 21.2. The first-order chi connectivity index (χ1) is 18.0. The van der Waals surface area contributed by atoms with Crippen LogP contribution in [0.15, 0.2) is 40.9 Å². The molecule has 3 heterocycles. The molecule has 0 fully saturated rings. The normalized spacial score (nSPS) is 13.8. The van der Waals surface area contributed by atoms with Gasteiger partial charge < -0.3 is 19.4 Å². The quantitative estimate of drug-likeness (QED) is 0.155. The molecule has 1 aliphatic heterocycles. The van der Waals surface area contributed by atoms with Crippen LogP contribution in [0.4, 0.5) is 0 Å². The average Bonchev–Trinajstić information content (AvgIpc) is 3.62. The lowest BCUT2D eigenvalue weighted by Gasteiger charge is -2.06. The molecule has 3 rings (SSSR count). The Bertz CT molecular complexity index is 1080. The summed E-state index contributed by atoms with van der Waals surface area (Å²) in [5, 5.41) is 0. The molecule has 38 heavy (non-hydrogen) atoms. The van der Waals surface area contributed by atoms with Crippen LogP contribution in [0.3, 0.4) is 0 Å². The summed E-state index contributed by atoms with van der Waals surface area (Å²) in [6, 6.07) is 3.91. The number of hydrogen-bond donors (Lipinski definition) is 2. The molecule has 0 atom stereocenters. The number of hydrogen-bond acceptors (Lipinski definition) is 4.